The van der Waals surface area contributed by atoms with Crippen molar-refractivity contribution in [3.63, 3.8) is 0 Å². The summed E-state index contributed by atoms with van der Waals surface area (Å²) in [5.41, 5.74) is 1.27. The summed E-state index contributed by atoms with van der Waals surface area (Å²) >= 11 is 2.86. The molecule has 194 valence electrons. The monoisotopic (exact) mass is 542 g/mol. The number of alkyl halides is 3. The van der Waals surface area contributed by atoms with Gasteiger partial charge in [0.25, 0.3) is 0 Å². The van der Waals surface area contributed by atoms with Crippen LogP contribution in [0.5, 0.6) is 0 Å². The highest BCUT2D eigenvalue weighted by Gasteiger charge is 2.30. The largest absolute Gasteiger partial charge is 0.393 e. The Morgan fingerprint density at radius 2 is 1.78 bits per heavy atom. The molecule has 0 saturated heterocycles. The van der Waals surface area contributed by atoms with Crippen molar-refractivity contribution < 1.29 is 13.2 Å². The van der Waals surface area contributed by atoms with E-state index in [1.165, 1.54) is 21.7 Å². The van der Waals surface area contributed by atoms with E-state index in [-0.39, 0.29) is 4.88 Å². The van der Waals surface area contributed by atoms with Gasteiger partial charge in [-0.3, -0.25) is 0 Å². The number of nitrogens with zero attached hydrogens (tertiary/aromatic N) is 3. The summed E-state index contributed by atoms with van der Waals surface area (Å²) in [4.78, 5) is 14.0. The second-order valence-corrected chi connectivity index (χ2v) is 11.9. The van der Waals surface area contributed by atoms with E-state index in [4.69, 9.17) is 0 Å². The smallest absolute Gasteiger partial charge is 0.359 e. The van der Waals surface area contributed by atoms with Crippen LogP contribution in [0.1, 0.15) is 29.7 Å². The molecular weight excluding hydrogens is 513 g/mol. The van der Waals surface area contributed by atoms with Crippen molar-refractivity contribution in [1.82, 2.24) is 15.3 Å². The van der Waals surface area contributed by atoms with Crippen LogP contribution in [0.15, 0.2) is 76.8 Å². The molecule has 2 aromatic carbocycles. The van der Waals surface area contributed by atoms with Crippen molar-refractivity contribution in [1.29, 1.82) is 0 Å². The van der Waals surface area contributed by atoms with Gasteiger partial charge >= 0.3 is 6.18 Å². The van der Waals surface area contributed by atoms with Crippen molar-refractivity contribution in [2.75, 3.05) is 18.5 Å². The lowest BCUT2D eigenvalue weighted by atomic mass is 10.1. The lowest BCUT2D eigenvalue weighted by molar-refractivity contribution is -0.126. The Labute approximate surface area is 223 Å². The Kier molecular flexibility index (Phi) is 8.02. The number of hydrogen-bond donors (Lipinski definition) is 1. The first kappa shape index (κ1) is 26.0. The molecule has 4 nitrogen and oxygen atoms in total. The maximum Gasteiger partial charge on any atom is 0.393 e. The first-order valence-corrected chi connectivity index (χ1v) is 14.0. The fraction of sp³-hybridized carbons (Fsp3) is 0.357. The molecule has 1 saturated carbocycles. The Morgan fingerprint density at radius 3 is 2.54 bits per heavy atom. The van der Waals surface area contributed by atoms with Gasteiger partial charge in [-0.25, -0.2) is 9.97 Å². The molecule has 0 radical (unpaired) electrons. The van der Waals surface area contributed by atoms with Gasteiger partial charge in [0.2, 0.25) is 0 Å². The summed E-state index contributed by atoms with van der Waals surface area (Å²) in [6.07, 6.45) is -0.398. The highest BCUT2D eigenvalue weighted by molar-refractivity contribution is 7.99. The van der Waals surface area contributed by atoms with Crippen LogP contribution in [0, 0.1) is 5.92 Å². The molecule has 1 unspecified atom stereocenters. The van der Waals surface area contributed by atoms with E-state index >= 15 is 0 Å². The molecule has 0 bridgehead atoms. The third-order valence-corrected chi connectivity index (χ3v) is 8.72. The molecule has 1 N–H and O–H groups in total. The van der Waals surface area contributed by atoms with Crippen molar-refractivity contribution in [2.24, 2.45) is 5.92 Å². The zero-order valence-corrected chi connectivity index (χ0v) is 22.2. The molecule has 2 atom stereocenters. The maximum absolute atomic E-state index is 12.9. The summed E-state index contributed by atoms with van der Waals surface area (Å²) in [5, 5.41) is 4.41. The lowest BCUT2D eigenvalue weighted by Crippen LogP contribution is -2.29. The average molecular weight is 543 g/mol. The summed E-state index contributed by atoms with van der Waals surface area (Å²) < 4.78 is 38.6. The van der Waals surface area contributed by atoms with E-state index in [2.05, 4.69) is 68.7 Å². The molecule has 37 heavy (non-hydrogen) atoms. The van der Waals surface area contributed by atoms with Crippen molar-refractivity contribution in [2.45, 2.75) is 54.2 Å². The second-order valence-electron chi connectivity index (χ2n) is 9.62. The number of aromatic nitrogens is 2. The van der Waals surface area contributed by atoms with Crippen LogP contribution in [-0.2, 0) is 13.0 Å². The van der Waals surface area contributed by atoms with Crippen LogP contribution >= 0.6 is 23.1 Å². The molecule has 1 aliphatic rings. The number of fused-ring (bicyclic) bond motifs is 1. The predicted molar refractivity (Wildman–Crippen MR) is 145 cm³/mol. The summed E-state index contributed by atoms with van der Waals surface area (Å²) in [7, 11) is 1.97. The Balaban J connectivity index is 1.12. The van der Waals surface area contributed by atoms with Crippen molar-refractivity contribution in [3.05, 3.63) is 77.4 Å². The van der Waals surface area contributed by atoms with E-state index < -0.39 is 12.6 Å². The van der Waals surface area contributed by atoms with Crippen LogP contribution in [0.4, 0.5) is 19.0 Å². The normalized spacial score (nSPS) is 17.9. The van der Waals surface area contributed by atoms with Gasteiger partial charge in [0.1, 0.15) is 17.0 Å². The number of thiophene rings is 1. The van der Waals surface area contributed by atoms with Crippen LogP contribution in [0.2, 0.25) is 0 Å². The Bertz CT molecular complexity index is 1310. The predicted octanol–water partition coefficient (Wildman–Crippen LogP) is 7.34. The van der Waals surface area contributed by atoms with Gasteiger partial charge in [-0.15, -0.1) is 11.3 Å². The molecule has 9 heteroatoms. The summed E-state index contributed by atoms with van der Waals surface area (Å²) in [5.74, 6) is 1.21. The number of anilines is 1. The van der Waals surface area contributed by atoms with Crippen LogP contribution in [0.3, 0.4) is 0 Å². The first-order chi connectivity index (χ1) is 17.8. The number of halogens is 3. The molecular formula is C28H29F3N4S2. The Hall–Kier alpha value is -2.62. The maximum atomic E-state index is 12.9. The standard InChI is InChI=1S/C28H29F3N4S2/c1-35(26-25-14-24(15-28(29,30)31)37-27(25)34-18-33-26)17-20-7-10-21(13-20)32-16-19-8-11-23(12-9-19)36-22-5-3-2-4-6-22/h2-6,8-9,11-12,14,18,20-21,32H,7,10,13,15-17H2,1H3/t20-,21?/m1/s1. The van der Waals surface area contributed by atoms with Crippen molar-refractivity contribution >= 4 is 39.1 Å². The fourth-order valence-corrected chi connectivity index (χ4v) is 6.80. The van der Waals surface area contributed by atoms with Crippen LogP contribution in [0.25, 0.3) is 10.2 Å². The number of rotatable bonds is 9. The van der Waals surface area contributed by atoms with Crippen LogP contribution < -0.4 is 10.2 Å². The molecule has 2 aromatic heterocycles. The van der Waals surface area contributed by atoms with E-state index in [0.29, 0.717) is 28.0 Å². The zero-order chi connectivity index (χ0) is 25.8. The molecule has 1 fully saturated rings. The van der Waals surface area contributed by atoms with Gasteiger partial charge in [-0.2, -0.15) is 13.2 Å². The topological polar surface area (TPSA) is 41.0 Å². The molecule has 0 spiro atoms. The fourth-order valence-electron chi connectivity index (χ4n) is 4.94. The molecule has 2 heterocycles. The van der Waals surface area contributed by atoms with Gasteiger partial charge < -0.3 is 10.2 Å². The van der Waals surface area contributed by atoms with Gasteiger partial charge in [0.15, 0.2) is 0 Å². The van der Waals surface area contributed by atoms with Crippen LogP contribution in [-0.4, -0.2) is 35.8 Å². The highest BCUT2D eigenvalue weighted by atomic mass is 32.2. The minimum absolute atomic E-state index is 0.273. The molecule has 0 aliphatic heterocycles. The molecule has 4 aromatic rings. The first-order valence-electron chi connectivity index (χ1n) is 12.4. The van der Waals surface area contributed by atoms with Gasteiger partial charge in [-0.05, 0) is 61.1 Å². The minimum atomic E-state index is -4.23. The van der Waals surface area contributed by atoms with Gasteiger partial charge in [-0.1, -0.05) is 42.1 Å². The summed E-state index contributed by atoms with van der Waals surface area (Å²) in [6, 6.07) is 21.2. The van der Waals surface area contributed by atoms with E-state index in [1.807, 2.05) is 13.1 Å². The van der Waals surface area contributed by atoms with Gasteiger partial charge in [0, 0.05) is 40.8 Å². The highest BCUT2D eigenvalue weighted by Crippen LogP contribution is 2.35. The third-order valence-electron chi connectivity index (χ3n) is 6.67. The number of hydrogen-bond acceptors (Lipinski definition) is 6. The van der Waals surface area contributed by atoms with E-state index in [0.717, 1.165) is 43.7 Å². The van der Waals surface area contributed by atoms with Gasteiger partial charge in [0.05, 0.1) is 11.8 Å². The van der Waals surface area contributed by atoms with E-state index in [1.54, 1.807) is 17.8 Å². The zero-order valence-electron chi connectivity index (χ0n) is 20.5. The Morgan fingerprint density at radius 1 is 1.03 bits per heavy atom. The summed E-state index contributed by atoms with van der Waals surface area (Å²) in [6.45, 7) is 1.66. The molecule has 5 rings (SSSR count). The third kappa shape index (κ3) is 7.03. The SMILES string of the molecule is CN(C[C@@H]1CCC(NCc2ccc(Sc3ccccc3)cc2)C1)c1ncnc2sc(CC(F)(F)F)cc12. The molecule has 1 aliphatic carbocycles. The quantitative estimate of drug-likeness (QED) is 0.240. The molecule has 0 amide bonds. The second kappa shape index (κ2) is 11.4. The number of benzene rings is 2. The van der Waals surface area contributed by atoms with Crippen molar-refractivity contribution in [3.8, 4) is 0 Å². The average Bonchev–Trinajstić information content (AvgIpc) is 3.49. The minimum Gasteiger partial charge on any atom is -0.359 e. The lowest BCUT2D eigenvalue weighted by Gasteiger charge is -2.23. The number of nitrogens with one attached hydrogen (secondary N) is 1. The van der Waals surface area contributed by atoms with E-state index in [9.17, 15) is 13.2 Å².